The molecule has 0 aromatic heterocycles. The molecule has 17 heavy (non-hydrogen) atoms. The van der Waals surface area contributed by atoms with Crippen molar-refractivity contribution in [2.24, 2.45) is 5.73 Å². The lowest BCUT2D eigenvalue weighted by atomic mass is 10.1. The van der Waals surface area contributed by atoms with Gasteiger partial charge in [0.15, 0.2) is 0 Å². The summed E-state index contributed by atoms with van der Waals surface area (Å²) in [6, 6.07) is 6.85. The van der Waals surface area contributed by atoms with Crippen molar-refractivity contribution in [3.05, 3.63) is 24.3 Å². The maximum atomic E-state index is 11.7. The first-order chi connectivity index (χ1) is 8.17. The third kappa shape index (κ3) is 4.44. The molecule has 3 N–H and O–H groups in total. The minimum Gasteiger partial charge on any atom is -0.494 e. The van der Waals surface area contributed by atoms with Gasteiger partial charge in [-0.3, -0.25) is 4.79 Å². The second-order valence-corrected chi connectivity index (χ2v) is 3.85. The molecule has 0 unspecified atom stereocenters. The molecule has 0 saturated carbocycles. The van der Waals surface area contributed by atoms with Gasteiger partial charge < -0.3 is 15.8 Å². The van der Waals surface area contributed by atoms with Crippen LogP contribution in [0.1, 0.15) is 26.7 Å². The Hall–Kier alpha value is -1.55. The number of hydrogen-bond donors (Lipinski definition) is 2. The number of nitrogens with one attached hydrogen (secondary N) is 1. The summed E-state index contributed by atoms with van der Waals surface area (Å²) in [4.78, 5) is 11.7. The van der Waals surface area contributed by atoms with Crippen LogP contribution in [0.3, 0.4) is 0 Å². The zero-order valence-corrected chi connectivity index (χ0v) is 10.4. The van der Waals surface area contributed by atoms with Gasteiger partial charge in [-0.2, -0.15) is 0 Å². The van der Waals surface area contributed by atoms with Gasteiger partial charge in [-0.25, -0.2) is 0 Å². The summed E-state index contributed by atoms with van der Waals surface area (Å²) in [5, 5.41) is 2.78. The predicted molar refractivity (Wildman–Crippen MR) is 69.1 cm³/mol. The van der Waals surface area contributed by atoms with E-state index in [2.05, 4.69) is 5.32 Å². The Bertz CT molecular complexity index is 366. The van der Waals surface area contributed by atoms with E-state index in [0.717, 1.165) is 12.2 Å². The Morgan fingerprint density at radius 2 is 2.24 bits per heavy atom. The zero-order valence-electron chi connectivity index (χ0n) is 10.4. The van der Waals surface area contributed by atoms with Gasteiger partial charge in [0.05, 0.1) is 12.6 Å². The van der Waals surface area contributed by atoms with Gasteiger partial charge >= 0.3 is 0 Å². The van der Waals surface area contributed by atoms with Crippen molar-refractivity contribution in [3.63, 3.8) is 0 Å². The Balaban J connectivity index is 2.61. The highest BCUT2D eigenvalue weighted by Gasteiger charge is 2.12. The molecule has 1 aromatic carbocycles. The first-order valence-electron chi connectivity index (χ1n) is 5.96. The largest absolute Gasteiger partial charge is 0.494 e. The molecule has 0 heterocycles. The van der Waals surface area contributed by atoms with Crippen LogP contribution in [-0.4, -0.2) is 18.6 Å². The molecule has 1 atom stereocenters. The normalized spacial score (nSPS) is 11.9. The second kappa shape index (κ2) is 6.91. The van der Waals surface area contributed by atoms with Gasteiger partial charge in [-0.05, 0) is 25.5 Å². The van der Waals surface area contributed by atoms with Gasteiger partial charge in [0, 0.05) is 11.8 Å². The Morgan fingerprint density at radius 1 is 1.47 bits per heavy atom. The molecule has 0 spiro atoms. The highest BCUT2D eigenvalue weighted by Crippen LogP contribution is 2.17. The quantitative estimate of drug-likeness (QED) is 0.795. The number of benzene rings is 1. The van der Waals surface area contributed by atoms with Gasteiger partial charge in [0.25, 0.3) is 0 Å². The van der Waals surface area contributed by atoms with Crippen LogP contribution in [0.4, 0.5) is 5.69 Å². The van der Waals surface area contributed by atoms with Crippen LogP contribution in [0, 0.1) is 0 Å². The number of rotatable bonds is 6. The van der Waals surface area contributed by atoms with Crippen LogP contribution in [0.25, 0.3) is 0 Å². The van der Waals surface area contributed by atoms with Crippen molar-refractivity contribution in [2.45, 2.75) is 32.7 Å². The van der Waals surface area contributed by atoms with Crippen molar-refractivity contribution in [2.75, 3.05) is 11.9 Å². The smallest absolute Gasteiger partial charge is 0.241 e. The first kappa shape index (κ1) is 13.5. The summed E-state index contributed by atoms with van der Waals surface area (Å²) >= 11 is 0. The molecule has 4 nitrogen and oxygen atoms in total. The molecular formula is C13H20N2O2. The fourth-order valence-corrected chi connectivity index (χ4v) is 1.51. The highest BCUT2D eigenvalue weighted by atomic mass is 16.5. The summed E-state index contributed by atoms with van der Waals surface area (Å²) in [5.74, 6) is 0.592. The maximum Gasteiger partial charge on any atom is 0.241 e. The van der Waals surface area contributed by atoms with Crippen molar-refractivity contribution in [1.82, 2.24) is 0 Å². The summed E-state index contributed by atoms with van der Waals surface area (Å²) in [5.41, 5.74) is 6.44. The molecule has 0 bridgehead atoms. The first-order valence-corrected chi connectivity index (χ1v) is 5.96. The number of carbonyl (C=O) groups is 1. The van der Waals surface area contributed by atoms with Crippen LogP contribution in [0.2, 0.25) is 0 Å². The van der Waals surface area contributed by atoms with E-state index < -0.39 is 6.04 Å². The van der Waals surface area contributed by atoms with E-state index in [0.29, 0.717) is 18.7 Å². The zero-order chi connectivity index (χ0) is 12.7. The minimum atomic E-state index is -0.448. The fourth-order valence-electron chi connectivity index (χ4n) is 1.51. The van der Waals surface area contributed by atoms with Crippen LogP contribution in [0.15, 0.2) is 24.3 Å². The monoisotopic (exact) mass is 236 g/mol. The third-order valence-corrected chi connectivity index (χ3v) is 2.35. The van der Waals surface area contributed by atoms with Crippen molar-refractivity contribution >= 4 is 11.6 Å². The van der Waals surface area contributed by atoms with E-state index in [1.807, 2.05) is 32.0 Å². The van der Waals surface area contributed by atoms with Crippen LogP contribution in [0.5, 0.6) is 5.75 Å². The van der Waals surface area contributed by atoms with E-state index in [1.54, 1.807) is 6.07 Å². The predicted octanol–water partition coefficient (Wildman–Crippen LogP) is 2.15. The SMILES string of the molecule is CCC[C@H](N)C(=O)Nc1cccc(OCC)c1. The van der Waals surface area contributed by atoms with Gasteiger partial charge in [-0.15, -0.1) is 0 Å². The van der Waals surface area contributed by atoms with E-state index in [4.69, 9.17) is 10.5 Å². The molecule has 0 aliphatic heterocycles. The average molecular weight is 236 g/mol. The molecule has 1 rings (SSSR count). The number of anilines is 1. The van der Waals surface area contributed by atoms with Crippen molar-refractivity contribution < 1.29 is 9.53 Å². The molecule has 0 fully saturated rings. The standard InChI is InChI=1S/C13H20N2O2/c1-3-6-12(14)13(16)15-10-7-5-8-11(9-10)17-4-2/h5,7-9,12H,3-4,6,14H2,1-2H3,(H,15,16)/t12-/m0/s1. The lowest BCUT2D eigenvalue weighted by Crippen LogP contribution is -2.35. The minimum absolute atomic E-state index is 0.152. The summed E-state index contributed by atoms with van der Waals surface area (Å²) in [6.45, 7) is 4.53. The van der Waals surface area contributed by atoms with E-state index in [1.165, 1.54) is 0 Å². The topological polar surface area (TPSA) is 64.4 Å². The molecule has 0 radical (unpaired) electrons. The molecule has 0 saturated heterocycles. The molecule has 1 aromatic rings. The number of amides is 1. The van der Waals surface area contributed by atoms with Gasteiger partial charge in [0.2, 0.25) is 5.91 Å². The maximum absolute atomic E-state index is 11.7. The van der Waals surface area contributed by atoms with Crippen LogP contribution in [-0.2, 0) is 4.79 Å². The molecule has 94 valence electrons. The highest BCUT2D eigenvalue weighted by molar-refractivity contribution is 5.94. The Morgan fingerprint density at radius 3 is 2.88 bits per heavy atom. The van der Waals surface area contributed by atoms with Gasteiger partial charge in [0.1, 0.15) is 5.75 Å². The molecule has 0 aliphatic rings. The van der Waals surface area contributed by atoms with Crippen LogP contribution >= 0.6 is 0 Å². The number of nitrogens with two attached hydrogens (primary N) is 1. The van der Waals surface area contributed by atoms with Gasteiger partial charge in [-0.1, -0.05) is 19.4 Å². The molecule has 0 aliphatic carbocycles. The van der Waals surface area contributed by atoms with Crippen molar-refractivity contribution in [1.29, 1.82) is 0 Å². The number of carbonyl (C=O) groups excluding carboxylic acids is 1. The summed E-state index contributed by atoms with van der Waals surface area (Å²) in [7, 11) is 0. The van der Waals surface area contributed by atoms with Crippen LogP contribution < -0.4 is 15.8 Å². The molecule has 4 heteroatoms. The Kier molecular flexibility index (Phi) is 5.49. The average Bonchev–Trinajstić information content (AvgIpc) is 2.30. The second-order valence-electron chi connectivity index (χ2n) is 3.85. The van der Waals surface area contributed by atoms with E-state index >= 15 is 0 Å². The lowest BCUT2D eigenvalue weighted by Gasteiger charge is -2.12. The number of ether oxygens (including phenoxy) is 1. The van der Waals surface area contributed by atoms with Crippen molar-refractivity contribution in [3.8, 4) is 5.75 Å². The van der Waals surface area contributed by atoms with E-state index in [9.17, 15) is 4.79 Å². The van der Waals surface area contributed by atoms with E-state index in [-0.39, 0.29) is 5.91 Å². The molecule has 1 amide bonds. The lowest BCUT2D eigenvalue weighted by molar-refractivity contribution is -0.117. The summed E-state index contributed by atoms with van der Waals surface area (Å²) in [6.07, 6.45) is 1.59. The number of hydrogen-bond acceptors (Lipinski definition) is 3. The summed E-state index contributed by atoms with van der Waals surface area (Å²) < 4.78 is 5.35. The Labute approximate surface area is 102 Å². The fraction of sp³-hybridized carbons (Fsp3) is 0.462. The molecular weight excluding hydrogens is 216 g/mol. The third-order valence-electron chi connectivity index (χ3n) is 2.35.